The lowest BCUT2D eigenvalue weighted by Gasteiger charge is -2.38. The Morgan fingerprint density at radius 1 is 1.45 bits per heavy atom. The third kappa shape index (κ3) is 5.23. The molecule has 0 unspecified atom stereocenters. The number of aromatic nitrogens is 1. The third-order valence-corrected chi connectivity index (χ3v) is 3.91. The van der Waals surface area contributed by atoms with Crippen LogP contribution in [0.2, 0.25) is 0 Å². The van der Waals surface area contributed by atoms with E-state index in [9.17, 15) is 13.2 Å². The number of aliphatic imine (C=N–C) groups is 1. The maximum atomic E-state index is 12.4. The Labute approximate surface area is 147 Å². The van der Waals surface area contributed by atoms with Crippen molar-refractivity contribution in [1.82, 2.24) is 15.6 Å². The molecular formula is C12H18F3IN4OS. The smallest absolute Gasteiger partial charge is 0.380 e. The summed E-state index contributed by atoms with van der Waals surface area (Å²) >= 11 is 0.972. The summed E-state index contributed by atoms with van der Waals surface area (Å²) in [6.07, 6.45) is -4.40. The van der Waals surface area contributed by atoms with Crippen LogP contribution in [0.5, 0.6) is 0 Å². The van der Waals surface area contributed by atoms with Gasteiger partial charge in [0.05, 0.1) is 19.8 Å². The normalized spacial score (nSPS) is 17.4. The molecule has 0 radical (unpaired) electrons. The van der Waals surface area contributed by atoms with Crippen molar-refractivity contribution >= 4 is 41.3 Å². The van der Waals surface area contributed by atoms with E-state index in [0.29, 0.717) is 30.7 Å². The molecule has 1 fully saturated rings. The molecule has 1 aliphatic rings. The number of ether oxygens (including phenoxy) is 1. The molecule has 1 aliphatic heterocycles. The van der Waals surface area contributed by atoms with Gasteiger partial charge in [0.25, 0.3) is 0 Å². The number of rotatable bonds is 4. The van der Waals surface area contributed by atoms with E-state index < -0.39 is 11.9 Å². The van der Waals surface area contributed by atoms with E-state index in [-0.39, 0.29) is 35.9 Å². The summed E-state index contributed by atoms with van der Waals surface area (Å²) in [5, 5.41) is 7.46. The lowest BCUT2D eigenvalue weighted by Crippen LogP contribution is -2.50. The summed E-state index contributed by atoms with van der Waals surface area (Å²) in [7, 11) is 1.61. The van der Waals surface area contributed by atoms with Crippen molar-refractivity contribution in [2.45, 2.75) is 19.6 Å². The highest BCUT2D eigenvalue weighted by Crippen LogP contribution is 2.30. The average molecular weight is 450 g/mol. The highest BCUT2D eigenvalue weighted by atomic mass is 127. The SMILES string of the molecule is CN=C(NCc1nc(C(F)(F)F)cs1)NCC1(C)COC1.I. The number of alkyl halides is 3. The Bertz CT molecular complexity index is 517. The lowest BCUT2D eigenvalue weighted by atomic mass is 9.89. The van der Waals surface area contributed by atoms with Crippen molar-refractivity contribution < 1.29 is 17.9 Å². The largest absolute Gasteiger partial charge is 0.434 e. The van der Waals surface area contributed by atoms with Gasteiger partial charge in [0, 0.05) is 24.4 Å². The van der Waals surface area contributed by atoms with Gasteiger partial charge in [0.15, 0.2) is 11.7 Å². The standard InChI is InChI=1S/C12H17F3N4OS.HI/c1-11(6-20-7-11)5-18-10(16-2)17-3-9-19-8(4-21-9)12(13,14)15;/h4H,3,5-7H2,1-2H3,(H2,16,17,18);1H. The van der Waals surface area contributed by atoms with Crippen LogP contribution in [0.25, 0.3) is 0 Å². The van der Waals surface area contributed by atoms with Crippen LogP contribution in [-0.4, -0.2) is 37.7 Å². The first-order chi connectivity index (χ1) is 9.82. The van der Waals surface area contributed by atoms with Gasteiger partial charge >= 0.3 is 6.18 Å². The Kier molecular flexibility index (Phi) is 6.86. The summed E-state index contributed by atoms with van der Waals surface area (Å²) in [4.78, 5) is 7.58. The highest BCUT2D eigenvalue weighted by Gasteiger charge is 2.34. The molecule has 22 heavy (non-hydrogen) atoms. The monoisotopic (exact) mass is 450 g/mol. The molecule has 10 heteroatoms. The van der Waals surface area contributed by atoms with Gasteiger partial charge in [0.1, 0.15) is 5.01 Å². The second-order valence-electron chi connectivity index (χ2n) is 5.21. The van der Waals surface area contributed by atoms with Crippen LogP contribution in [0.3, 0.4) is 0 Å². The quantitative estimate of drug-likeness (QED) is 0.421. The van der Waals surface area contributed by atoms with Crippen LogP contribution in [0, 0.1) is 5.41 Å². The van der Waals surface area contributed by atoms with Crippen molar-refractivity contribution in [2.75, 3.05) is 26.8 Å². The van der Waals surface area contributed by atoms with Gasteiger partial charge in [0.2, 0.25) is 0 Å². The van der Waals surface area contributed by atoms with Crippen LogP contribution in [0.15, 0.2) is 10.4 Å². The van der Waals surface area contributed by atoms with E-state index in [1.54, 1.807) is 7.05 Å². The predicted octanol–water partition coefficient (Wildman–Crippen LogP) is 2.48. The topological polar surface area (TPSA) is 58.5 Å². The molecule has 0 bridgehead atoms. The molecule has 1 saturated heterocycles. The van der Waals surface area contributed by atoms with Gasteiger partial charge in [-0.2, -0.15) is 13.2 Å². The zero-order valence-electron chi connectivity index (χ0n) is 12.2. The number of nitrogens with zero attached hydrogens (tertiary/aromatic N) is 2. The molecule has 2 heterocycles. The van der Waals surface area contributed by atoms with Gasteiger partial charge in [-0.1, -0.05) is 6.92 Å². The average Bonchev–Trinajstić information content (AvgIpc) is 2.85. The highest BCUT2D eigenvalue weighted by molar-refractivity contribution is 14.0. The molecule has 1 aromatic rings. The Morgan fingerprint density at radius 3 is 2.59 bits per heavy atom. The zero-order chi connectivity index (χ0) is 15.5. The molecule has 0 spiro atoms. The van der Waals surface area contributed by atoms with Crippen molar-refractivity contribution in [3.63, 3.8) is 0 Å². The number of hydrogen-bond donors (Lipinski definition) is 2. The number of hydrogen-bond acceptors (Lipinski definition) is 4. The van der Waals surface area contributed by atoms with E-state index in [2.05, 4.69) is 27.5 Å². The minimum Gasteiger partial charge on any atom is -0.380 e. The molecule has 2 N–H and O–H groups in total. The van der Waals surface area contributed by atoms with Gasteiger partial charge in [-0.25, -0.2) is 4.98 Å². The first kappa shape index (κ1) is 19.4. The second-order valence-corrected chi connectivity index (χ2v) is 6.15. The maximum absolute atomic E-state index is 12.4. The molecule has 5 nitrogen and oxygen atoms in total. The minimum absolute atomic E-state index is 0. The lowest BCUT2D eigenvalue weighted by molar-refractivity contribution is -0.140. The van der Waals surface area contributed by atoms with Crippen LogP contribution in [0.4, 0.5) is 13.2 Å². The van der Waals surface area contributed by atoms with Gasteiger partial charge < -0.3 is 15.4 Å². The van der Waals surface area contributed by atoms with Crippen LogP contribution in [0.1, 0.15) is 17.6 Å². The van der Waals surface area contributed by atoms with Crippen LogP contribution >= 0.6 is 35.3 Å². The maximum Gasteiger partial charge on any atom is 0.434 e. The Hall–Kier alpha value is -0.620. The van der Waals surface area contributed by atoms with E-state index in [4.69, 9.17) is 4.74 Å². The summed E-state index contributed by atoms with van der Waals surface area (Å²) in [6.45, 7) is 4.37. The third-order valence-electron chi connectivity index (χ3n) is 3.06. The fraction of sp³-hybridized carbons (Fsp3) is 0.667. The molecule has 2 rings (SSSR count). The van der Waals surface area contributed by atoms with Gasteiger partial charge in [-0.05, 0) is 0 Å². The summed E-state index contributed by atoms with van der Waals surface area (Å²) in [5.74, 6) is 0.534. The fourth-order valence-corrected chi connectivity index (χ4v) is 2.49. The van der Waals surface area contributed by atoms with Crippen molar-refractivity contribution in [3.8, 4) is 0 Å². The summed E-state index contributed by atoms with van der Waals surface area (Å²) in [5.41, 5.74) is -0.770. The zero-order valence-corrected chi connectivity index (χ0v) is 15.3. The number of guanidine groups is 1. The second kappa shape index (κ2) is 7.77. The molecule has 0 atom stereocenters. The molecular weight excluding hydrogens is 432 g/mol. The fourth-order valence-electron chi connectivity index (χ4n) is 1.75. The number of halogens is 4. The van der Waals surface area contributed by atoms with Gasteiger partial charge in [-0.15, -0.1) is 35.3 Å². The van der Waals surface area contributed by atoms with E-state index in [1.807, 2.05) is 0 Å². The van der Waals surface area contributed by atoms with Crippen LogP contribution in [-0.2, 0) is 17.5 Å². The summed E-state index contributed by atoms with van der Waals surface area (Å²) in [6, 6.07) is 0. The Morgan fingerprint density at radius 2 is 2.14 bits per heavy atom. The first-order valence-electron chi connectivity index (χ1n) is 6.36. The molecule has 0 aliphatic carbocycles. The van der Waals surface area contributed by atoms with E-state index >= 15 is 0 Å². The molecule has 1 aromatic heterocycles. The minimum atomic E-state index is -4.40. The molecule has 0 saturated carbocycles. The number of nitrogens with one attached hydrogen (secondary N) is 2. The van der Waals surface area contributed by atoms with E-state index in [0.717, 1.165) is 16.7 Å². The Balaban J connectivity index is 0.00000242. The van der Waals surface area contributed by atoms with Crippen molar-refractivity contribution in [1.29, 1.82) is 0 Å². The molecule has 0 amide bonds. The predicted molar refractivity (Wildman–Crippen MR) is 89.7 cm³/mol. The summed E-state index contributed by atoms with van der Waals surface area (Å²) < 4.78 is 42.5. The van der Waals surface area contributed by atoms with E-state index in [1.165, 1.54) is 0 Å². The van der Waals surface area contributed by atoms with Gasteiger partial charge in [-0.3, -0.25) is 4.99 Å². The molecule has 126 valence electrons. The first-order valence-corrected chi connectivity index (χ1v) is 7.24. The number of thiazole rings is 1. The van der Waals surface area contributed by atoms with Crippen molar-refractivity contribution in [3.05, 3.63) is 16.1 Å². The molecule has 0 aromatic carbocycles. The van der Waals surface area contributed by atoms with Crippen molar-refractivity contribution in [2.24, 2.45) is 10.4 Å². The van der Waals surface area contributed by atoms with Crippen LogP contribution < -0.4 is 10.6 Å².